The Balaban J connectivity index is 1.82. The molecule has 3 aromatic rings. The topological polar surface area (TPSA) is 88.4 Å². The fourth-order valence-corrected chi connectivity index (χ4v) is 3.43. The van der Waals surface area contributed by atoms with Crippen molar-refractivity contribution in [1.82, 2.24) is 4.98 Å². The van der Waals surface area contributed by atoms with Gasteiger partial charge in [0.25, 0.3) is 5.69 Å². The second-order valence-electron chi connectivity index (χ2n) is 5.83. The highest BCUT2D eigenvalue weighted by Gasteiger charge is 2.21. The monoisotopic (exact) mass is 382 g/mol. The van der Waals surface area contributed by atoms with Crippen LogP contribution in [0.15, 0.2) is 53.9 Å². The van der Waals surface area contributed by atoms with E-state index in [1.165, 1.54) is 28.4 Å². The minimum absolute atomic E-state index is 0.151. The Morgan fingerprint density at radius 3 is 2.59 bits per heavy atom. The van der Waals surface area contributed by atoms with Crippen molar-refractivity contribution in [3.8, 4) is 11.3 Å². The molecule has 0 aliphatic heterocycles. The summed E-state index contributed by atoms with van der Waals surface area (Å²) in [7, 11) is 0. The quantitative estimate of drug-likeness (QED) is 0.492. The molecule has 0 aliphatic rings. The summed E-state index contributed by atoms with van der Waals surface area (Å²) in [5.41, 5.74) is 2.92. The number of nitrogens with one attached hydrogen (secondary N) is 1. The molecule has 0 atom stereocenters. The molecule has 0 bridgehead atoms. The molecule has 138 valence electrons. The van der Waals surface area contributed by atoms with Crippen LogP contribution >= 0.6 is 11.3 Å². The average Bonchev–Trinajstić information content (AvgIpc) is 3.13. The zero-order chi connectivity index (χ0) is 19.4. The molecule has 8 heteroatoms. The van der Waals surface area contributed by atoms with Crippen LogP contribution in [-0.2, 0) is 0 Å². The third-order valence-electron chi connectivity index (χ3n) is 3.97. The van der Waals surface area contributed by atoms with Crippen LogP contribution in [0.3, 0.4) is 0 Å². The van der Waals surface area contributed by atoms with Crippen molar-refractivity contribution in [2.75, 3.05) is 16.8 Å². The fraction of sp³-hybridized carbons (Fsp3) is 0.158. The normalized spacial score (nSPS) is 10.4. The number of hydrogen-bond donors (Lipinski definition) is 1. The molecule has 1 N–H and O–H groups in total. The maximum atomic E-state index is 12.7. The fourth-order valence-electron chi connectivity index (χ4n) is 2.53. The lowest BCUT2D eigenvalue weighted by Gasteiger charge is -2.18. The first kappa shape index (κ1) is 18.5. The van der Waals surface area contributed by atoms with Gasteiger partial charge in [-0.05, 0) is 19.9 Å². The van der Waals surface area contributed by atoms with Gasteiger partial charge < -0.3 is 5.32 Å². The number of carbonyl (C=O) groups is 1. The van der Waals surface area contributed by atoms with Crippen molar-refractivity contribution >= 4 is 33.9 Å². The predicted molar refractivity (Wildman–Crippen MR) is 107 cm³/mol. The molecule has 2 amide bonds. The van der Waals surface area contributed by atoms with Crippen LogP contribution in [0.25, 0.3) is 11.3 Å². The van der Waals surface area contributed by atoms with Gasteiger partial charge in [-0.3, -0.25) is 15.0 Å². The van der Waals surface area contributed by atoms with Gasteiger partial charge in [-0.25, -0.2) is 9.78 Å². The molecule has 2 aromatic carbocycles. The number of thiazole rings is 1. The number of rotatable bonds is 5. The highest BCUT2D eigenvalue weighted by molar-refractivity contribution is 7.14. The van der Waals surface area contributed by atoms with E-state index in [2.05, 4.69) is 10.3 Å². The summed E-state index contributed by atoms with van der Waals surface area (Å²) in [5, 5.41) is 16.2. The summed E-state index contributed by atoms with van der Waals surface area (Å²) < 4.78 is 0. The van der Waals surface area contributed by atoms with Gasteiger partial charge in [-0.15, -0.1) is 11.3 Å². The molecule has 0 saturated heterocycles. The summed E-state index contributed by atoms with van der Waals surface area (Å²) in [6.45, 7) is 4.22. The maximum absolute atomic E-state index is 12.7. The van der Waals surface area contributed by atoms with Crippen LogP contribution in [0.1, 0.15) is 12.5 Å². The number of carbonyl (C=O) groups excluding carboxylic acids is 1. The highest BCUT2D eigenvalue weighted by atomic mass is 32.1. The first-order valence-corrected chi connectivity index (χ1v) is 9.22. The van der Waals surface area contributed by atoms with E-state index in [-0.39, 0.29) is 11.4 Å². The summed E-state index contributed by atoms with van der Waals surface area (Å²) in [4.78, 5) is 29.3. The van der Waals surface area contributed by atoms with Crippen molar-refractivity contribution in [1.29, 1.82) is 0 Å². The number of aryl methyl sites for hydroxylation is 1. The Kier molecular flexibility index (Phi) is 5.46. The third kappa shape index (κ3) is 4.12. The number of hydrogen-bond acceptors (Lipinski definition) is 5. The average molecular weight is 382 g/mol. The molecule has 7 nitrogen and oxygen atoms in total. The summed E-state index contributed by atoms with van der Waals surface area (Å²) in [5.74, 6) is 0. The number of nitro groups is 1. The Labute approximate surface area is 160 Å². The van der Waals surface area contributed by atoms with Crippen molar-refractivity contribution in [2.45, 2.75) is 13.8 Å². The lowest BCUT2D eigenvalue weighted by Crippen LogP contribution is -2.34. The van der Waals surface area contributed by atoms with Gasteiger partial charge in [0.1, 0.15) is 5.69 Å². The molecule has 0 aliphatic carbocycles. The molecule has 0 radical (unpaired) electrons. The van der Waals surface area contributed by atoms with E-state index in [1.54, 1.807) is 12.1 Å². The number of anilines is 2. The molecule has 27 heavy (non-hydrogen) atoms. The minimum Gasteiger partial charge on any atom is -0.302 e. The summed E-state index contributed by atoms with van der Waals surface area (Å²) in [6, 6.07) is 13.6. The summed E-state index contributed by atoms with van der Waals surface area (Å²) in [6.07, 6.45) is 0. The van der Waals surface area contributed by atoms with Crippen molar-refractivity contribution in [3.05, 3.63) is 69.6 Å². The van der Waals surface area contributed by atoms with Gasteiger partial charge >= 0.3 is 6.03 Å². The zero-order valence-corrected chi connectivity index (χ0v) is 15.7. The number of nitrogens with zero attached hydrogens (tertiary/aromatic N) is 3. The van der Waals surface area contributed by atoms with Gasteiger partial charge in [0.05, 0.1) is 10.6 Å². The molecule has 1 heterocycles. The van der Waals surface area contributed by atoms with Gasteiger partial charge in [-0.1, -0.05) is 42.0 Å². The van der Waals surface area contributed by atoms with Crippen LogP contribution in [0.2, 0.25) is 0 Å². The Hall–Kier alpha value is -3.26. The molecule has 3 rings (SSSR count). The number of para-hydroxylation sites is 2. The Morgan fingerprint density at radius 1 is 1.22 bits per heavy atom. The third-order valence-corrected chi connectivity index (χ3v) is 4.84. The number of nitro benzene ring substituents is 1. The van der Waals surface area contributed by atoms with E-state index in [0.717, 1.165) is 16.8 Å². The second kappa shape index (κ2) is 7.96. The van der Waals surface area contributed by atoms with Gasteiger partial charge in [0.15, 0.2) is 5.13 Å². The van der Waals surface area contributed by atoms with Gasteiger partial charge in [0, 0.05) is 23.6 Å². The summed E-state index contributed by atoms with van der Waals surface area (Å²) >= 11 is 1.35. The SMILES string of the molecule is CCN(C(=O)Nc1ccccc1[N+](=O)[O-])c1nc(-c2ccc(C)cc2)cs1. The molecule has 1 aromatic heterocycles. The molecular formula is C19H18N4O3S. The van der Waals surface area contributed by atoms with E-state index in [4.69, 9.17) is 0 Å². The van der Waals surface area contributed by atoms with Crippen LogP contribution in [0, 0.1) is 17.0 Å². The standard InChI is InChI=1S/C19H18N4O3S/c1-3-22(18(24)20-15-6-4-5-7-17(15)23(25)26)19-21-16(12-27-19)14-10-8-13(2)9-11-14/h4-12H,3H2,1-2H3,(H,20,24). The maximum Gasteiger partial charge on any atom is 0.328 e. The number of aromatic nitrogens is 1. The molecule has 0 spiro atoms. The molecular weight excluding hydrogens is 364 g/mol. The number of amides is 2. The minimum atomic E-state index is -0.523. The lowest BCUT2D eigenvalue weighted by molar-refractivity contribution is -0.383. The van der Waals surface area contributed by atoms with Crippen LogP contribution in [-0.4, -0.2) is 22.5 Å². The van der Waals surface area contributed by atoms with Crippen LogP contribution in [0.4, 0.5) is 21.3 Å². The van der Waals surface area contributed by atoms with E-state index >= 15 is 0 Å². The van der Waals surface area contributed by atoms with Gasteiger partial charge in [-0.2, -0.15) is 0 Å². The number of benzene rings is 2. The van der Waals surface area contributed by atoms with E-state index < -0.39 is 11.0 Å². The molecule has 0 saturated carbocycles. The van der Waals surface area contributed by atoms with E-state index in [9.17, 15) is 14.9 Å². The van der Waals surface area contributed by atoms with Crippen molar-refractivity contribution < 1.29 is 9.72 Å². The zero-order valence-electron chi connectivity index (χ0n) is 14.9. The molecule has 0 unspecified atom stereocenters. The Morgan fingerprint density at radius 2 is 1.93 bits per heavy atom. The second-order valence-corrected chi connectivity index (χ2v) is 6.67. The van der Waals surface area contributed by atoms with Crippen LogP contribution < -0.4 is 10.2 Å². The van der Waals surface area contributed by atoms with E-state index in [1.807, 2.05) is 43.5 Å². The number of urea groups is 1. The van der Waals surface area contributed by atoms with Crippen LogP contribution in [0.5, 0.6) is 0 Å². The lowest BCUT2D eigenvalue weighted by atomic mass is 10.1. The molecule has 0 fully saturated rings. The highest BCUT2D eigenvalue weighted by Crippen LogP contribution is 2.29. The van der Waals surface area contributed by atoms with Crippen molar-refractivity contribution in [3.63, 3.8) is 0 Å². The Bertz CT molecular complexity index is 969. The van der Waals surface area contributed by atoms with E-state index in [0.29, 0.717) is 11.7 Å². The first-order valence-electron chi connectivity index (χ1n) is 8.34. The first-order chi connectivity index (χ1) is 13.0. The largest absolute Gasteiger partial charge is 0.328 e. The van der Waals surface area contributed by atoms with Crippen molar-refractivity contribution in [2.24, 2.45) is 0 Å². The predicted octanol–water partition coefficient (Wildman–Crippen LogP) is 5.09. The van der Waals surface area contributed by atoms with Gasteiger partial charge in [0.2, 0.25) is 0 Å². The smallest absolute Gasteiger partial charge is 0.302 e.